The predicted octanol–water partition coefficient (Wildman–Crippen LogP) is 1.08. The van der Waals surface area contributed by atoms with E-state index >= 15 is 0 Å². The number of hydrogen-bond donors (Lipinski definition) is 0. The maximum Gasteiger partial charge on any atom is 0.225 e. The number of hydrogen-bond acceptors (Lipinski definition) is 7. The third kappa shape index (κ3) is 4.64. The van der Waals surface area contributed by atoms with Crippen molar-refractivity contribution in [2.24, 2.45) is 5.92 Å². The van der Waals surface area contributed by atoms with Gasteiger partial charge in [0.15, 0.2) is 5.82 Å². The Labute approximate surface area is 173 Å². The highest BCUT2D eigenvalue weighted by atomic mass is 16.5. The van der Waals surface area contributed by atoms with Crippen LogP contribution in [0.5, 0.6) is 0 Å². The van der Waals surface area contributed by atoms with Gasteiger partial charge in [-0.1, -0.05) is 0 Å². The molecule has 3 aliphatic heterocycles. The monoisotopic (exact) mass is 402 g/mol. The number of aromatic nitrogens is 2. The van der Waals surface area contributed by atoms with Crippen LogP contribution in [0, 0.1) is 5.92 Å². The lowest BCUT2D eigenvalue weighted by Gasteiger charge is -2.40. The molecule has 3 saturated heterocycles. The lowest BCUT2D eigenvalue weighted by molar-refractivity contribution is -0.138. The van der Waals surface area contributed by atoms with Crippen LogP contribution in [0.15, 0.2) is 12.5 Å². The van der Waals surface area contributed by atoms with Crippen LogP contribution in [-0.4, -0.2) is 97.3 Å². The molecular formula is C21H34N6O2. The smallest absolute Gasteiger partial charge is 0.225 e. The van der Waals surface area contributed by atoms with Gasteiger partial charge in [0.2, 0.25) is 5.91 Å². The highest BCUT2D eigenvalue weighted by Crippen LogP contribution is 2.31. The minimum atomic E-state index is 0.147. The number of nitrogens with zero attached hydrogens (tertiary/aromatic N) is 6. The van der Waals surface area contributed by atoms with E-state index in [0.717, 1.165) is 89.9 Å². The summed E-state index contributed by atoms with van der Waals surface area (Å²) in [4.78, 5) is 31.0. The summed E-state index contributed by atoms with van der Waals surface area (Å²) in [6.45, 7) is 13.1. The van der Waals surface area contributed by atoms with E-state index in [-0.39, 0.29) is 5.92 Å². The molecule has 8 nitrogen and oxygen atoms in total. The molecule has 160 valence electrons. The molecule has 0 N–H and O–H groups in total. The Kier molecular flexibility index (Phi) is 6.50. The van der Waals surface area contributed by atoms with Gasteiger partial charge in [0.1, 0.15) is 6.33 Å². The van der Waals surface area contributed by atoms with Crippen LogP contribution >= 0.6 is 0 Å². The van der Waals surface area contributed by atoms with Gasteiger partial charge in [0, 0.05) is 64.3 Å². The molecule has 0 bridgehead atoms. The third-order valence-corrected chi connectivity index (χ3v) is 6.52. The van der Waals surface area contributed by atoms with Crippen molar-refractivity contribution < 1.29 is 9.53 Å². The van der Waals surface area contributed by atoms with Crippen LogP contribution in [0.3, 0.4) is 0 Å². The Morgan fingerprint density at radius 2 is 1.69 bits per heavy atom. The molecule has 3 fully saturated rings. The van der Waals surface area contributed by atoms with Gasteiger partial charge >= 0.3 is 0 Å². The zero-order valence-electron chi connectivity index (χ0n) is 17.8. The molecule has 1 aromatic rings. The Morgan fingerprint density at radius 1 is 1.00 bits per heavy atom. The van der Waals surface area contributed by atoms with Crippen molar-refractivity contribution in [1.82, 2.24) is 19.8 Å². The lowest BCUT2D eigenvalue weighted by atomic mass is 9.94. The molecule has 4 heterocycles. The van der Waals surface area contributed by atoms with Crippen LogP contribution < -0.4 is 9.80 Å². The summed E-state index contributed by atoms with van der Waals surface area (Å²) >= 11 is 0. The number of morpholine rings is 1. The van der Waals surface area contributed by atoms with Gasteiger partial charge in [-0.2, -0.15) is 0 Å². The quantitative estimate of drug-likeness (QED) is 0.747. The highest BCUT2D eigenvalue weighted by Gasteiger charge is 2.32. The first-order valence-corrected chi connectivity index (χ1v) is 11.0. The molecule has 1 aromatic heterocycles. The van der Waals surface area contributed by atoms with Gasteiger partial charge in [0.05, 0.1) is 25.1 Å². The molecule has 0 spiro atoms. The number of ether oxygens (including phenoxy) is 1. The van der Waals surface area contributed by atoms with Crippen molar-refractivity contribution in [3.8, 4) is 0 Å². The van der Waals surface area contributed by atoms with Crippen molar-refractivity contribution in [3.63, 3.8) is 0 Å². The number of rotatable bonds is 4. The summed E-state index contributed by atoms with van der Waals surface area (Å²) in [6.07, 6.45) is 5.35. The summed E-state index contributed by atoms with van der Waals surface area (Å²) in [5.74, 6) is 1.50. The third-order valence-electron chi connectivity index (χ3n) is 6.52. The van der Waals surface area contributed by atoms with Crippen molar-refractivity contribution in [2.45, 2.75) is 32.7 Å². The number of anilines is 2. The van der Waals surface area contributed by atoms with Gasteiger partial charge in [-0.05, 0) is 26.7 Å². The molecule has 0 aromatic carbocycles. The van der Waals surface area contributed by atoms with Gasteiger partial charge in [0.25, 0.3) is 0 Å². The number of carbonyl (C=O) groups excluding carboxylic acids is 1. The van der Waals surface area contributed by atoms with E-state index in [1.807, 2.05) is 6.20 Å². The van der Waals surface area contributed by atoms with E-state index in [0.29, 0.717) is 11.9 Å². The SMILES string of the molecule is CC(C)N1CCN(C(=O)C2CCN(c3cncnc3N3CCOCC3)CC2)CC1. The zero-order valence-corrected chi connectivity index (χ0v) is 17.8. The number of amides is 1. The van der Waals surface area contributed by atoms with Crippen molar-refractivity contribution >= 4 is 17.4 Å². The topological polar surface area (TPSA) is 65.0 Å². The molecule has 0 atom stereocenters. The van der Waals surface area contributed by atoms with E-state index < -0.39 is 0 Å². The van der Waals surface area contributed by atoms with Crippen LogP contribution in [-0.2, 0) is 9.53 Å². The Balaban J connectivity index is 1.34. The molecule has 3 aliphatic rings. The molecule has 0 unspecified atom stereocenters. The van der Waals surface area contributed by atoms with E-state index in [2.05, 4.69) is 43.4 Å². The summed E-state index contributed by atoms with van der Waals surface area (Å²) in [5.41, 5.74) is 1.09. The fraction of sp³-hybridized carbons (Fsp3) is 0.762. The lowest BCUT2D eigenvalue weighted by Crippen LogP contribution is -2.53. The molecule has 29 heavy (non-hydrogen) atoms. The van der Waals surface area contributed by atoms with Gasteiger partial charge in [-0.15, -0.1) is 0 Å². The summed E-state index contributed by atoms with van der Waals surface area (Å²) < 4.78 is 5.48. The van der Waals surface area contributed by atoms with Crippen LogP contribution in [0.25, 0.3) is 0 Å². The first-order valence-electron chi connectivity index (χ1n) is 11.0. The number of carbonyl (C=O) groups is 1. The minimum absolute atomic E-state index is 0.147. The largest absolute Gasteiger partial charge is 0.378 e. The highest BCUT2D eigenvalue weighted by molar-refractivity contribution is 5.79. The second-order valence-corrected chi connectivity index (χ2v) is 8.55. The second kappa shape index (κ2) is 9.26. The standard InChI is InChI=1S/C21H34N6O2/c1-17(2)24-7-9-27(10-8-24)21(28)18-3-5-25(6-4-18)19-15-22-16-23-20(19)26-11-13-29-14-12-26/h15-18H,3-14H2,1-2H3. The Hall–Kier alpha value is -1.93. The first kappa shape index (κ1) is 20.3. The van der Waals surface area contributed by atoms with E-state index in [4.69, 9.17) is 4.74 Å². The average molecular weight is 403 g/mol. The molecule has 4 rings (SSSR count). The van der Waals surface area contributed by atoms with Crippen molar-refractivity contribution in [3.05, 3.63) is 12.5 Å². The normalized spacial score (nSPS) is 22.4. The predicted molar refractivity (Wildman–Crippen MR) is 113 cm³/mol. The minimum Gasteiger partial charge on any atom is -0.378 e. The fourth-order valence-corrected chi connectivity index (χ4v) is 4.64. The summed E-state index contributed by atoms with van der Waals surface area (Å²) in [5, 5.41) is 0. The van der Waals surface area contributed by atoms with Crippen molar-refractivity contribution in [2.75, 3.05) is 75.4 Å². The maximum atomic E-state index is 13.0. The molecular weight excluding hydrogens is 368 g/mol. The van der Waals surface area contributed by atoms with Crippen molar-refractivity contribution in [1.29, 1.82) is 0 Å². The van der Waals surface area contributed by atoms with E-state index in [9.17, 15) is 4.79 Å². The Bertz CT molecular complexity index is 678. The maximum absolute atomic E-state index is 13.0. The molecule has 1 amide bonds. The van der Waals surface area contributed by atoms with Crippen LogP contribution in [0.1, 0.15) is 26.7 Å². The first-order chi connectivity index (χ1) is 14.1. The van der Waals surface area contributed by atoms with Crippen LogP contribution in [0.2, 0.25) is 0 Å². The van der Waals surface area contributed by atoms with Crippen LogP contribution in [0.4, 0.5) is 11.5 Å². The number of piperazine rings is 1. The zero-order chi connectivity index (χ0) is 20.2. The Morgan fingerprint density at radius 3 is 2.34 bits per heavy atom. The average Bonchev–Trinajstić information content (AvgIpc) is 2.79. The molecule has 0 saturated carbocycles. The fourth-order valence-electron chi connectivity index (χ4n) is 4.64. The molecule has 0 aliphatic carbocycles. The van der Waals surface area contributed by atoms with E-state index in [1.54, 1.807) is 6.33 Å². The number of piperidine rings is 1. The summed E-state index contributed by atoms with van der Waals surface area (Å²) in [7, 11) is 0. The van der Waals surface area contributed by atoms with Gasteiger partial charge in [-0.3, -0.25) is 9.69 Å². The van der Waals surface area contributed by atoms with Gasteiger partial charge < -0.3 is 19.4 Å². The summed E-state index contributed by atoms with van der Waals surface area (Å²) in [6, 6.07) is 0.559. The van der Waals surface area contributed by atoms with E-state index in [1.165, 1.54) is 0 Å². The second-order valence-electron chi connectivity index (χ2n) is 8.55. The molecule has 0 radical (unpaired) electrons. The molecule has 8 heteroatoms. The van der Waals surface area contributed by atoms with Gasteiger partial charge in [-0.25, -0.2) is 9.97 Å².